The van der Waals surface area contributed by atoms with Gasteiger partial charge in [-0.15, -0.1) is 0 Å². The maximum Gasteiger partial charge on any atom is 0.248 e. The minimum Gasteiger partial charge on any atom is -0.459 e. The molecule has 0 atom stereocenters. The Balaban J connectivity index is 1.66. The van der Waals surface area contributed by atoms with Crippen LogP contribution in [0.1, 0.15) is 36.7 Å². The van der Waals surface area contributed by atoms with Crippen LogP contribution in [0, 0.1) is 0 Å². The zero-order valence-corrected chi connectivity index (χ0v) is 15.5. The lowest BCUT2D eigenvalue weighted by atomic mass is 10.0. The summed E-state index contributed by atoms with van der Waals surface area (Å²) in [5, 5.41) is 12.0. The van der Waals surface area contributed by atoms with Crippen LogP contribution in [0.4, 0.5) is 5.69 Å². The summed E-state index contributed by atoms with van der Waals surface area (Å²) in [5.74, 6) is 1.44. The first-order valence-corrected chi connectivity index (χ1v) is 8.94. The average Bonchev–Trinajstić information content (AvgIpc) is 3.16. The number of anilines is 1. The van der Waals surface area contributed by atoms with Gasteiger partial charge in [0, 0.05) is 17.3 Å². The first-order valence-electron chi connectivity index (χ1n) is 8.94. The monoisotopic (exact) mass is 361 g/mol. The Hall–Kier alpha value is -3.11. The highest BCUT2D eigenvalue weighted by Gasteiger charge is 2.06. The van der Waals surface area contributed by atoms with Gasteiger partial charge >= 0.3 is 0 Å². The normalized spacial score (nSPS) is 11.3. The highest BCUT2D eigenvalue weighted by atomic mass is 16.4. The number of aliphatic hydroxyl groups is 1. The van der Waals surface area contributed by atoms with Gasteiger partial charge < -0.3 is 14.8 Å². The molecule has 0 saturated heterocycles. The van der Waals surface area contributed by atoms with Gasteiger partial charge in [0.15, 0.2) is 0 Å². The fraction of sp³-hybridized carbons (Fsp3) is 0.174. The van der Waals surface area contributed by atoms with Crippen molar-refractivity contribution in [1.82, 2.24) is 0 Å². The molecule has 0 fully saturated rings. The van der Waals surface area contributed by atoms with Gasteiger partial charge in [-0.25, -0.2) is 0 Å². The number of furan rings is 1. The molecule has 2 aromatic carbocycles. The molecule has 138 valence electrons. The van der Waals surface area contributed by atoms with E-state index in [1.54, 1.807) is 18.2 Å². The van der Waals surface area contributed by atoms with Crippen LogP contribution in [0.25, 0.3) is 17.4 Å². The second-order valence-corrected chi connectivity index (χ2v) is 6.65. The van der Waals surface area contributed by atoms with Gasteiger partial charge in [0.1, 0.15) is 18.1 Å². The minimum absolute atomic E-state index is 0.140. The predicted molar refractivity (Wildman–Crippen MR) is 108 cm³/mol. The van der Waals surface area contributed by atoms with Crippen LogP contribution >= 0.6 is 0 Å². The molecule has 2 N–H and O–H groups in total. The van der Waals surface area contributed by atoms with Gasteiger partial charge in [0.2, 0.25) is 5.91 Å². The predicted octanol–water partition coefficient (Wildman–Crippen LogP) is 5.21. The van der Waals surface area contributed by atoms with E-state index >= 15 is 0 Å². The van der Waals surface area contributed by atoms with E-state index in [1.165, 1.54) is 11.6 Å². The lowest BCUT2D eigenvalue weighted by Crippen LogP contribution is -2.07. The molecule has 27 heavy (non-hydrogen) atoms. The van der Waals surface area contributed by atoms with Crippen molar-refractivity contribution in [1.29, 1.82) is 0 Å². The van der Waals surface area contributed by atoms with Gasteiger partial charge in [0.05, 0.1) is 0 Å². The van der Waals surface area contributed by atoms with Gasteiger partial charge in [-0.3, -0.25) is 4.79 Å². The number of aliphatic hydroxyl groups excluding tert-OH is 1. The minimum atomic E-state index is -0.199. The van der Waals surface area contributed by atoms with Crippen molar-refractivity contribution >= 4 is 17.7 Å². The molecule has 3 rings (SSSR count). The molecule has 3 aromatic rings. The standard InChI is InChI=1S/C23H23NO3/c1-16(2)18-9-6-17(7-10-18)8-13-23(26)24-20-5-3-4-19(14-20)22-12-11-21(15-25)27-22/h3-14,16,25H,15H2,1-2H3,(H,24,26)/b13-8+. The molecule has 1 amide bonds. The van der Waals surface area contributed by atoms with Crippen LogP contribution < -0.4 is 5.32 Å². The van der Waals surface area contributed by atoms with E-state index in [2.05, 4.69) is 31.3 Å². The third kappa shape index (κ3) is 4.96. The van der Waals surface area contributed by atoms with Crippen molar-refractivity contribution in [2.45, 2.75) is 26.4 Å². The third-order valence-electron chi connectivity index (χ3n) is 4.26. The lowest BCUT2D eigenvalue weighted by Gasteiger charge is -2.05. The number of hydrogen-bond acceptors (Lipinski definition) is 3. The molecule has 4 heteroatoms. The first kappa shape index (κ1) is 18.7. The van der Waals surface area contributed by atoms with E-state index in [4.69, 9.17) is 9.52 Å². The Bertz CT molecular complexity index is 936. The van der Waals surface area contributed by atoms with Gasteiger partial charge in [-0.1, -0.05) is 50.2 Å². The lowest BCUT2D eigenvalue weighted by molar-refractivity contribution is -0.111. The smallest absolute Gasteiger partial charge is 0.248 e. The van der Waals surface area contributed by atoms with Gasteiger partial charge in [-0.2, -0.15) is 0 Å². The Labute approximate surface area is 159 Å². The molecule has 0 spiro atoms. The molecule has 0 unspecified atom stereocenters. The van der Waals surface area contributed by atoms with Crippen LogP contribution in [-0.4, -0.2) is 11.0 Å². The molecule has 4 nitrogen and oxygen atoms in total. The van der Waals surface area contributed by atoms with E-state index in [0.717, 1.165) is 11.1 Å². The molecule has 1 heterocycles. The first-order chi connectivity index (χ1) is 13.0. The summed E-state index contributed by atoms with van der Waals surface area (Å²) >= 11 is 0. The average molecular weight is 361 g/mol. The Morgan fingerprint density at radius 1 is 1.11 bits per heavy atom. The summed E-state index contributed by atoms with van der Waals surface area (Å²) in [5.41, 5.74) is 3.77. The van der Waals surface area contributed by atoms with Crippen molar-refractivity contribution in [3.8, 4) is 11.3 Å². The van der Waals surface area contributed by atoms with Crippen molar-refractivity contribution in [2.24, 2.45) is 0 Å². The Kier molecular flexibility index (Phi) is 5.89. The quantitative estimate of drug-likeness (QED) is 0.592. The van der Waals surface area contributed by atoms with Gasteiger partial charge in [0.25, 0.3) is 0 Å². The molecule has 1 aromatic heterocycles. The molecule has 0 aliphatic heterocycles. The summed E-state index contributed by atoms with van der Waals surface area (Å²) in [6.07, 6.45) is 3.32. The molecule has 0 aliphatic carbocycles. The van der Waals surface area contributed by atoms with Crippen molar-refractivity contribution in [3.63, 3.8) is 0 Å². The van der Waals surface area contributed by atoms with E-state index in [9.17, 15) is 4.79 Å². The van der Waals surface area contributed by atoms with Crippen molar-refractivity contribution < 1.29 is 14.3 Å². The van der Waals surface area contributed by atoms with Crippen LogP contribution in [-0.2, 0) is 11.4 Å². The molecule has 0 aliphatic rings. The number of nitrogens with one attached hydrogen (secondary N) is 1. The number of carbonyl (C=O) groups excluding carboxylic acids is 1. The number of amides is 1. The Morgan fingerprint density at radius 3 is 2.56 bits per heavy atom. The van der Waals surface area contributed by atoms with Gasteiger partial charge in [-0.05, 0) is 47.4 Å². The fourth-order valence-corrected chi connectivity index (χ4v) is 2.72. The van der Waals surface area contributed by atoms with E-state index in [1.807, 2.05) is 36.4 Å². The second kappa shape index (κ2) is 8.52. The zero-order chi connectivity index (χ0) is 19.2. The van der Waals surface area contributed by atoms with E-state index in [-0.39, 0.29) is 12.5 Å². The summed E-state index contributed by atoms with van der Waals surface area (Å²) < 4.78 is 5.53. The fourth-order valence-electron chi connectivity index (χ4n) is 2.72. The van der Waals surface area contributed by atoms with Crippen LogP contribution in [0.5, 0.6) is 0 Å². The van der Waals surface area contributed by atoms with Crippen molar-refractivity contribution in [2.75, 3.05) is 5.32 Å². The largest absolute Gasteiger partial charge is 0.459 e. The topological polar surface area (TPSA) is 62.5 Å². The highest BCUT2D eigenvalue weighted by Crippen LogP contribution is 2.25. The highest BCUT2D eigenvalue weighted by molar-refractivity contribution is 6.02. The number of benzene rings is 2. The number of rotatable bonds is 6. The summed E-state index contributed by atoms with van der Waals surface area (Å²) in [6.45, 7) is 4.17. The SMILES string of the molecule is CC(C)c1ccc(/C=C/C(=O)Nc2cccc(-c3ccc(CO)o3)c2)cc1. The van der Waals surface area contributed by atoms with Crippen LogP contribution in [0.2, 0.25) is 0 Å². The Morgan fingerprint density at radius 2 is 1.89 bits per heavy atom. The molecule has 0 saturated carbocycles. The summed E-state index contributed by atoms with van der Waals surface area (Å²) in [7, 11) is 0. The van der Waals surface area contributed by atoms with E-state index in [0.29, 0.717) is 23.1 Å². The molecular weight excluding hydrogens is 338 g/mol. The summed E-state index contributed by atoms with van der Waals surface area (Å²) in [6, 6.07) is 19.1. The van der Waals surface area contributed by atoms with Crippen LogP contribution in [0.15, 0.2) is 71.2 Å². The maximum absolute atomic E-state index is 12.2. The molecule has 0 bridgehead atoms. The molecule has 0 radical (unpaired) electrons. The zero-order valence-electron chi connectivity index (χ0n) is 15.5. The summed E-state index contributed by atoms with van der Waals surface area (Å²) in [4.78, 5) is 12.2. The third-order valence-corrected chi connectivity index (χ3v) is 4.26. The maximum atomic E-state index is 12.2. The molecular formula is C23H23NO3. The van der Waals surface area contributed by atoms with Crippen molar-refractivity contribution in [3.05, 3.63) is 83.6 Å². The van der Waals surface area contributed by atoms with Crippen LogP contribution in [0.3, 0.4) is 0 Å². The number of hydrogen-bond donors (Lipinski definition) is 2. The number of carbonyl (C=O) groups is 1. The van der Waals surface area contributed by atoms with E-state index < -0.39 is 0 Å². The second-order valence-electron chi connectivity index (χ2n) is 6.65.